The molecule has 1 heterocycles. The van der Waals surface area contributed by atoms with Crippen molar-refractivity contribution in [1.29, 1.82) is 0 Å². The van der Waals surface area contributed by atoms with E-state index in [1.54, 1.807) is 0 Å². The Balaban J connectivity index is 2.25. The topological polar surface area (TPSA) is 73.2 Å². The second-order valence-electron chi connectivity index (χ2n) is 4.20. The van der Waals surface area contributed by atoms with Crippen LogP contribution in [0.3, 0.4) is 0 Å². The molecule has 0 spiro atoms. The minimum absolute atomic E-state index is 0.0881. The number of aromatic nitrogens is 2. The van der Waals surface area contributed by atoms with Crippen molar-refractivity contribution in [3.8, 4) is 0 Å². The molecule has 0 aliphatic heterocycles. The van der Waals surface area contributed by atoms with E-state index in [-0.39, 0.29) is 11.3 Å². The Morgan fingerprint density at radius 2 is 2.05 bits per heavy atom. The van der Waals surface area contributed by atoms with Gasteiger partial charge in [-0.25, -0.2) is 9.48 Å². The Labute approximate surface area is 116 Å². The summed E-state index contributed by atoms with van der Waals surface area (Å²) in [7, 11) is 2.76. The number of anilines is 1. The molecule has 0 fully saturated rings. The summed E-state index contributed by atoms with van der Waals surface area (Å²) in [6.45, 7) is 0.487. The summed E-state index contributed by atoms with van der Waals surface area (Å²) < 4.78 is 5.72. The average molecular weight is 273 g/mol. The van der Waals surface area contributed by atoms with E-state index in [1.165, 1.54) is 20.2 Å². The maximum absolute atomic E-state index is 11.9. The van der Waals surface area contributed by atoms with Gasteiger partial charge in [-0.2, -0.15) is 5.10 Å². The molecule has 6 nitrogen and oxygen atoms in total. The summed E-state index contributed by atoms with van der Waals surface area (Å²) in [5, 5.41) is 6.86. The van der Waals surface area contributed by atoms with Gasteiger partial charge in [-0.05, 0) is 5.56 Å². The van der Waals surface area contributed by atoms with Gasteiger partial charge >= 0.3 is 5.97 Å². The van der Waals surface area contributed by atoms with E-state index in [4.69, 9.17) is 0 Å². The van der Waals surface area contributed by atoms with Crippen LogP contribution in [0.5, 0.6) is 0 Å². The van der Waals surface area contributed by atoms with Crippen molar-refractivity contribution in [2.24, 2.45) is 7.05 Å². The molecular formula is C14H15N3O3. The molecule has 0 saturated heterocycles. The standard InChI is InChI=1S/C14H15N3O3/c1-17-13(18)11(8-12(16-17)14(19)20-2)15-9-10-6-4-3-5-7-10/h3-8,15H,9H2,1-2H3. The number of carbonyl (C=O) groups excluding carboxylic acids is 1. The van der Waals surface area contributed by atoms with Gasteiger partial charge in [0.25, 0.3) is 5.56 Å². The smallest absolute Gasteiger partial charge is 0.358 e. The van der Waals surface area contributed by atoms with Gasteiger partial charge < -0.3 is 10.1 Å². The molecular weight excluding hydrogens is 258 g/mol. The van der Waals surface area contributed by atoms with E-state index in [9.17, 15) is 9.59 Å². The Morgan fingerprint density at radius 1 is 1.35 bits per heavy atom. The second kappa shape index (κ2) is 6.01. The van der Waals surface area contributed by atoms with Crippen LogP contribution >= 0.6 is 0 Å². The zero-order valence-electron chi connectivity index (χ0n) is 11.3. The van der Waals surface area contributed by atoms with Crippen LogP contribution in [0, 0.1) is 0 Å². The van der Waals surface area contributed by atoms with Gasteiger partial charge in [0.2, 0.25) is 0 Å². The monoisotopic (exact) mass is 273 g/mol. The first-order valence-electron chi connectivity index (χ1n) is 6.06. The number of ether oxygens (including phenoxy) is 1. The molecule has 20 heavy (non-hydrogen) atoms. The molecule has 2 aromatic rings. The molecule has 0 atom stereocenters. The zero-order valence-corrected chi connectivity index (χ0v) is 11.3. The molecule has 0 bridgehead atoms. The first-order valence-corrected chi connectivity index (χ1v) is 6.06. The lowest BCUT2D eigenvalue weighted by molar-refractivity contribution is 0.0591. The van der Waals surface area contributed by atoms with Crippen LogP contribution in [0.4, 0.5) is 5.69 Å². The molecule has 1 aromatic heterocycles. The van der Waals surface area contributed by atoms with E-state index in [0.717, 1.165) is 10.2 Å². The number of aryl methyl sites for hydroxylation is 1. The Morgan fingerprint density at radius 3 is 2.70 bits per heavy atom. The molecule has 0 unspecified atom stereocenters. The van der Waals surface area contributed by atoms with Crippen LogP contribution in [-0.2, 0) is 18.3 Å². The number of nitrogens with one attached hydrogen (secondary N) is 1. The number of esters is 1. The third-order valence-electron chi connectivity index (χ3n) is 2.78. The van der Waals surface area contributed by atoms with Crippen LogP contribution in [0.1, 0.15) is 16.1 Å². The summed E-state index contributed by atoms with van der Waals surface area (Å²) in [6.07, 6.45) is 0. The summed E-state index contributed by atoms with van der Waals surface area (Å²) in [6, 6.07) is 11.0. The fourth-order valence-electron chi connectivity index (χ4n) is 1.73. The molecule has 1 aromatic carbocycles. The SMILES string of the molecule is COC(=O)c1cc(NCc2ccccc2)c(=O)n(C)n1. The Hall–Kier alpha value is -2.63. The molecule has 2 rings (SSSR count). The highest BCUT2D eigenvalue weighted by molar-refractivity contribution is 5.87. The van der Waals surface area contributed by atoms with Crippen LogP contribution in [-0.4, -0.2) is 22.9 Å². The van der Waals surface area contributed by atoms with Crippen molar-refractivity contribution in [2.45, 2.75) is 6.54 Å². The van der Waals surface area contributed by atoms with Crippen molar-refractivity contribution in [3.63, 3.8) is 0 Å². The van der Waals surface area contributed by atoms with Crippen LogP contribution in [0.25, 0.3) is 0 Å². The Bertz CT molecular complexity index is 665. The van der Waals surface area contributed by atoms with Crippen LogP contribution in [0.2, 0.25) is 0 Å². The van der Waals surface area contributed by atoms with Gasteiger partial charge in [0.1, 0.15) is 5.69 Å². The predicted molar refractivity (Wildman–Crippen MR) is 74.6 cm³/mol. The maximum atomic E-state index is 11.9. The summed E-state index contributed by atoms with van der Waals surface area (Å²) in [5.74, 6) is -0.580. The molecule has 104 valence electrons. The van der Waals surface area contributed by atoms with Crippen molar-refractivity contribution < 1.29 is 9.53 Å². The molecule has 0 aliphatic rings. The molecule has 0 radical (unpaired) electrons. The van der Waals surface area contributed by atoms with Crippen LogP contribution in [0.15, 0.2) is 41.2 Å². The van der Waals surface area contributed by atoms with Crippen molar-refractivity contribution in [1.82, 2.24) is 9.78 Å². The van der Waals surface area contributed by atoms with Crippen LogP contribution < -0.4 is 10.9 Å². The third-order valence-corrected chi connectivity index (χ3v) is 2.78. The highest BCUT2D eigenvalue weighted by Gasteiger charge is 2.12. The van der Waals surface area contributed by atoms with Gasteiger partial charge in [0, 0.05) is 19.7 Å². The number of methoxy groups -OCH3 is 1. The van der Waals surface area contributed by atoms with E-state index in [0.29, 0.717) is 12.2 Å². The van der Waals surface area contributed by atoms with Gasteiger partial charge in [-0.1, -0.05) is 30.3 Å². The van der Waals surface area contributed by atoms with Crippen molar-refractivity contribution >= 4 is 11.7 Å². The molecule has 1 N–H and O–H groups in total. The summed E-state index contributed by atoms with van der Waals surface area (Å²) >= 11 is 0. The fraction of sp³-hybridized carbons (Fsp3) is 0.214. The number of carbonyl (C=O) groups is 1. The number of benzene rings is 1. The highest BCUT2D eigenvalue weighted by atomic mass is 16.5. The third kappa shape index (κ3) is 3.03. The van der Waals surface area contributed by atoms with Gasteiger partial charge in [-0.3, -0.25) is 4.79 Å². The maximum Gasteiger partial charge on any atom is 0.358 e. The first-order chi connectivity index (χ1) is 9.61. The minimum Gasteiger partial charge on any atom is -0.464 e. The largest absolute Gasteiger partial charge is 0.464 e. The van der Waals surface area contributed by atoms with E-state index < -0.39 is 5.97 Å². The lowest BCUT2D eigenvalue weighted by atomic mass is 10.2. The normalized spacial score (nSPS) is 10.1. The van der Waals surface area contributed by atoms with Gasteiger partial charge in [-0.15, -0.1) is 0 Å². The first kappa shape index (κ1) is 13.8. The van der Waals surface area contributed by atoms with Crippen molar-refractivity contribution in [2.75, 3.05) is 12.4 Å². The quantitative estimate of drug-likeness (QED) is 0.847. The minimum atomic E-state index is -0.580. The summed E-state index contributed by atoms with van der Waals surface area (Å²) in [4.78, 5) is 23.4. The molecule has 0 amide bonds. The number of hydrogen-bond acceptors (Lipinski definition) is 5. The van der Waals surface area contributed by atoms with Crippen molar-refractivity contribution in [3.05, 3.63) is 58.0 Å². The Kier molecular flexibility index (Phi) is 4.14. The predicted octanol–water partition coefficient (Wildman–Crippen LogP) is 1.18. The second-order valence-corrected chi connectivity index (χ2v) is 4.20. The summed E-state index contributed by atoms with van der Waals surface area (Å²) in [5.41, 5.74) is 1.14. The van der Waals surface area contributed by atoms with Gasteiger partial charge in [0.05, 0.1) is 7.11 Å². The highest BCUT2D eigenvalue weighted by Crippen LogP contribution is 2.06. The number of hydrogen-bond donors (Lipinski definition) is 1. The van der Waals surface area contributed by atoms with E-state index >= 15 is 0 Å². The molecule has 6 heteroatoms. The number of rotatable bonds is 4. The lowest BCUT2D eigenvalue weighted by Crippen LogP contribution is -2.26. The van der Waals surface area contributed by atoms with E-state index in [2.05, 4.69) is 15.2 Å². The zero-order chi connectivity index (χ0) is 14.5. The number of nitrogens with zero attached hydrogens (tertiary/aromatic N) is 2. The molecule has 0 aliphatic carbocycles. The van der Waals surface area contributed by atoms with Gasteiger partial charge in [0.15, 0.2) is 5.69 Å². The fourth-order valence-corrected chi connectivity index (χ4v) is 1.73. The lowest BCUT2D eigenvalue weighted by Gasteiger charge is -2.08. The van der Waals surface area contributed by atoms with E-state index in [1.807, 2.05) is 30.3 Å². The molecule has 0 saturated carbocycles. The average Bonchev–Trinajstić information content (AvgIpc) is 2.48.